The molecule has 0 unspecified atom stereocenters. The van der Waals surface area contributed by atoms with Crippen molar-refractivity contribution in [2.75, 3.05) is 7.11 Å². The predicted molar refractivity (Wildman–Crippen MR) is 87.0 cm³/mol. The van der Waals surface area contributed by atoms with Crippen LogP contribution in [0.5, 0.6) is 5.75 Å². The van der Waals surface area contributed by atoms with Crippen LogP contribution in [0.15, 0.2) is 24.3 Å². The number of benzene rings is 1. The highest BCUT2D eigenvalue weighted by molar-refractivity contribution is 6.04. The molecule has 5 heteroatoms. The van der Waals surface area contributed by atoms with Gasteiger partial charge in [0.15, 0.2) is 5.78 Å². The number of aryl methyl sites for hydroxylation is 1. The summed E-state index contributed by atoms with van der Waals surface area (Å²) >= 11 is 0. The van der Waals surface area contributed by atoms with Crippen LogP contribution < -0.4 is 10.1 Å². The highest BCUT2D eigenvalue weighted by atomic mass is 16.5. The van der Waals surface area contributed by atoms with E-state index < -0.39 is 0 Å². The van der Waals surface area contributed by atoms with Gasteiger partial charge in [0, 0.05) is 24.2 Å². The Bertz CT molecular complexity index is 762. The smallest absolute Gasteiger partial charge is 0.268 e. The molecule has 0 saturated carbocycles. The number of hydrogen-bond acceptors (Lipinski definition) is 3. The molecule has 120 valence electrons. The molecule has 5 nitrogen and oxygen atoms in total. The van der Waals surface area contributed by atoms with E-state index in [1.807, 2.05) is 31.2 Å². The van der Waals surface area contributed by atoms with E-state index >= 15 is 0 Å². The molecule has 2 aromatic rings. The summed E-state index contributed by atoms with van der Waals surface area (Å²) in [6.07, 6.45) is 2.23. The van der Waals surface area contributed by atoms with Gasteiger partial charge in [0.25, 0.3) is 5.91 Å². The molecule has 0 bridgehead atoms. The van der Waals surface area contributed by atoms with Crippen molar-refractivity contribution in [3.05, 3.63) is 52.3 Å². The molecule has 2 N–H and O–H groups in total. The van der Waals surface area contributed by atoms with Gasteiger partial charge < -0.3 is 15.0 Å². The number of methoxy groups -OCH3 is 1. The fourth-order valence-electron chi connectivity index (χ4n) is 3.05. The van der Waals surface area contributed by atoms with Crippen LogP contribution in [-0.2, 0) is 13.0 Å². The molecule has 0 saturated heterocycles. The van der Waals surface area contributed by atoms with Crippen LogP contribution in [-0.4, -0.2) is 23.8 Å². The van der Waals surface area contributed by atoms with Crippen molar-refractivity contribution in [3.8, 4) is 5.75 Å². The first-order valence-electron chi connectivity index (χ1n) is 7.76. The molecule has 0 fully saturated rings. The first-order chi connectivity index (χ1) is 11.1. The summed E-state index contributed by atoms with van der Waals surface area (Å²) in [6.45, 7) is 2.24. The number of fused-ring (bicyclic) bond motifs is 1. The number of ether oxygens (including phenoxy) is 1. The molecule has 1 heterocycles. The number of nitrogens with one attached hydrogen (secondary N) is 2. The Morgan fingerprint density at radius 3 is 2.91 bits per heavy atom. The minimum Gasteiger partial charge on any atom is -0.497 e. The van der Waals surface area contributed by atoms with Gasteiger partial charge in [0.05, 0.1) is 7.11 Å². The standard InChI is InChI=1S/C18H20N2O3/c1-11-16-14(7-4-8-15(16)21)20-17(11)18(22)19-10-12-5-3-6-13(9-12)23-2/h3,5-6,9,20H,4,7-8,10H2,1-2H3,(H,19,22). The summed E-state index contributed by atoms with van der Waals surface area (Å²) in [7, 11) is 1.61. The predicted octanol–water partition coefficient (Wildman–Crippen LogP) is 2.78. The van der Waals surface area contributed by atoms with Crippen molar-refractivity contribution in [2.24, 2.45) is 0 Å². The van der Waals surface area contributed by atoms with Gasteiger partial charge in [-0.3, -0.25) is 9.59 Å². The normalized spacial score (nSPS) is 13.6. The van der Waals surface area contributed by atoms with Crippen LogP contribution in [0.4, 0.5) is 0 Å². The molecule has 0 atom stereocenters. The molecule has 1 aliphatic rings. The van der Waals surface area contributed by atoms with E-state index in [1.165, 1.54) is 0 Å². The number of carbonyl (C=O) groups excluding carboxylic acids is 2. The van der Waals surface area contributed by atoms with Gasteiger partial charge in [0.2, 0.25) is 0 Å². The van der Waals surface area contributed by atoms with E-state index in [2.05, 4.69) is 10.3 Å². The molecule has 0 aliphatic heterocycles. The molecular weight excluding hydrogens is 292 g/mol. The lowest BCUT2D eigenvalue weighted by Crippen LogP contribution is -2.24. The molecule has 23 heavy (non-hydrogen) atoms. The maximum Gasteiger partial charge on any atom is 0.268 e. The Hall–Kier alpha value is -2.56. The number of H-pyrrole nitrogens is 1. The molecule has 0 spiro atoms. The highest BCUT2D eigenvalue weighted by Crippen LogP contribution is 2.26. The minimum absolute atomic E-state index is 0.131. The first-order valence-corrected chi connectivity index (χ1v) is 7.76. The third-order valence-electron chi connectivity index (χ3n) is 4.25. The average molecular weight is 312 g/mol. The van der Waals surface area contributed by atoms with Gasteiger partial charge in [-0.1, -0.05) is 12.1 Å². The van der Waals surface area contributed by atoms with Crippen molar-refractivity contribution in [1.82, 2.24) is 10.3 Å². The third-order valence-corrected chi connectivity index (χ3v) is 4.25. The SMILES string of the molecule is COc1cccc(CNC(=O)c2[nH]c3c(c2C)C(=O)CCC3)c1. The van der Waals surface area contributed by atoms with Gasteiger partial charge in [-0.15, -0.1) is 0 Å². The molecule has 0 radical (unpaired) electrons. The average Bonchev–Trinajstić information content (AvgIpc) is 2.91. The van der Waals surface area contributed by atoms with E-state index in [0.717, 1.165) is 35.4 Å². The molecule has 1 amide bonds. The summed E-state index contributed by atoms with van der Waals surface area (Å²) in [5.41, 5.74) is 3.82. The number of amides is 1. The van der Waals surface area contributed by atoms with Gasteiger partial charge in [-0.2, -0.15) is 0 Å². The molecular formula is C18H20N2O3. The van der Waals surface area contributed by atoms with Crippen LogP contribution >= 0.6 is 0 Å². The van der Waals surface area contributed by atoms with Crippen LogP contribution in [0.1, 0.15) is 50.5 Å². The highest BCUT2D eigenvalue weighted by Gasteiger charge is 2.26. The zero-order valence-electron chi connectivity index (χ0n) is 13.4. The monoisotopic (exact) mass is 312 g/mol. The van der Waals surface area contributed by atoms with E-state index in [1.54, 1.807) is 7.11 Å². The van der Waals surface area contributed by atoms with Crippen LogP contribution in [0.25, 0.3) is 0 Å². The maximum atomic E-state index is 12.4. The fourth-order valence-corrected chi connectivity index (χ4v) is 3.05. The van der Waals surface area contributed by atoms with Gasteiger partial charge in [0.1, 0.15) is 11.4 Å². The van der Waals surface area contributed by atoms with E-state index in [0.29, 0.717) is 24.2 Å². The number of hydrogen-bond donors (Lipinski definition) is 2. The zero-order chi connectivity index (χ0) is 16.4. The molecule has 3 rings (SSSR count). The lowest BCUT2D eigenvalue weighted by molar-refractivity contribution is 0.0945. The van der Waals surface area contributed by atoms with Crippen molar-refractivity contribution in [2.45, 2.75) is 32.7 Å². The number of aromatic nitrogens is 1. The van der Waals surface area contributed by atoms with Gasteiger partial charge in [-0.05, 0) is 43.0 Å². The second-order valence-corrected chi connectivity index (χ2v) is 5.79. The van der Waals surface area contributed by atoms with Crippen LogP contribution in [0.3, 0.4) is 0 Å². The molecule has 1 aliphatic carbocycles. The Morgan fingerprint density at radius 2 is 2.17 bits per heavy atom. The second-order valence-electron chi connectivity index (χ2n) is 5.79. The Morgan fingerprint density at radius 1 is 1.35 bits per heavy atom. The second kappa shape index (κ2) is 6.28. The molecule has 1 aromatic heterocycles. The number of aromatic amines is 1. The summed E-state index contributed by atoms with van der Waals surface area (Å²) in [5.74, 6) is 0.702. The Kier molecular flexibility index (Phi) is 4.19. The Balaban J connectivity index is 1.75. The van der Waals surface area contributed by atoms with Crippen molar-refractivity contribution >= 4 is 11.7 Å². The van der Waals surface area contributed by atoms with Crippen LogP contribution in [0.2, 0.25) is 0 Å². The summed E-state index contributed by atoms with van der Waals surface area (Å²) in [4.78, 5) is 27.6. The zero-order valence-corrected chi connectivity index (χ0v) is 13.4. The fraction of sp³-hybridized carbons (Fsp3) is 0.333. The van der Waals surface area contributed by atoms with E-state index in [-0.39, 0.29) is 11.7 Å². The van der Waals surface area contributed by atoms with Crippen molar-refractivity contribution in [3.63, 3.8) is 0 Å². The van der Waals surface area contributed by atoms with Crippen LogP contribution in [0, 0.1) is 6.92 Å². The summed E-state index contributed by atoms with van der Waals surface area (Å²) in [6, 6.07) is 7.56. The molecule has 1 aromatic carbocycles. The van der Waals surface area contributed by atoms with Crippen molar-refractivity contribution in [1.29, 1.82) is 0 Å². The first kappa shape index (κ1) is 15.3. The lowest BCUT2D eigenvalue weighted by atomic mass is 9.94. The lowest BCUT2D eigenvalue weighted by Gasteiger charge is -2.09. The number of carbonyl (C=O) groups is 2. The van der Waals surface area contributed by atoms with E-state index in [9.17, 15) is 9.59 Å². The quantitative estimate of drug-likeness (QED) is 0.912. The number of Topliss-reactive ketones (excluding diaryl/α,β-unsaturated/α-hetero) is 1. The van der Waals surface area contributed by atoms with Gasteiger partial charge in [-0.25, -0.2) is 0 Å². The maximum absolute atomic E-state index is 12.4. The summed E-state index contributed by atoms with van der Waals surface area (Å²) in [5, 5.41) is 2.89. The Labute approximate surface area is 135 Å². The van der Waals surface area contributed by atoms with E-state index in [4.69, 9.17) is 4.74 Å². The number of rotatable bonds is 4. The largest absolute Gasteiger partial charge is 0.497 e. The topological polar surface area (TPSA) is 71.2 Å². The number of ketones is 1. The van der Waals surface area contributed by atoms with Crippen molar-refractivity contribution < 1.29 is 14.3 Å². The minimum atomic E-state index is -0.187. The summed E-state index contributed by atoms with van der Waals surface area (Å²) < 4.78 is 5.18. The third kappa shape index (κ3) is 2.99. The van der Waals surface area contributed by atoms with Gasteiger partial charge >= 0.3 is 0 Å².